The summed E-state index contributed by atoms with van der Waals surface area (Å²) in [6.07, 6.45) is -2.30. The lowest BCUT2D eigenvalue weighted by Crippen LogP contribution is -2.27. The van der Waals surface area contributed by atoms with Gasteiger partial charge >= 0.3 is 6.18 Å². The molecule has 0 radical (unpaired) electrons. The van der Waals surface area contributed by atoms with Crippen LogP contribution in [0.4, 0.5) is 13.2 Å². The standard InChI is InChI=1S/C11H16F3N3/c1-9(2)5-10(9,6-15)7-4-17(3)16-8(7)11(12,13)14/h4H,5-6,15H2,1-3H3. The Kier molecular flexibility index (Phi) is 2.37. The molecule has 2 N–H and O–H groups in total. The van der Waals surface area contributed by atoms with Crippen molar-refractivity contribution >= 4 is 0 Å². The van der Waals surface area contributed by atoms with Crippen molar-refractivity contribution in [3.8, 4) is 0 Å². The van der Waals surface area contributed by atoms with Crippen molar-refractivity contribution in [2.24, 2.45) is 18.2 Å². The summed E-state index contributed by atoms with van der Waals surface area (Å²) in [4.78, 5) is 0. The summed E-state index contributed by atoms with van der Waals surface area (Å²) in [6.45, 7) is 4.09. The maximum atomic E-state index is 12.9. The Bertz CT molecular complexity index is 447. The van der Waals surface area contributed by atoms with Crippen molar-refractivity contribution in [1.82, 2.24) is 9.78 Å². The van der Waals surface area contributed by atoms with Gasteiger partial charge in [-0.2, -0.15) is 18.3 Å². The van der Waals surface area contributed by atoms with Crippen molar-refractivity contribution in [2.75, 3.05) is 6.54 Å². The molecule has 6 heteroatoms. The van der Waals surface area contributed by atoms with Gasteiger partial charge in [0.15, 0.2) is 5.69 Å². The second-order valence-electron chi connectivity index (χ2n) is 5.41. The molecule has 0 spiro atoms. The molecule has 1 saturated carbocycles. The lowest BCUT2D eigenvalue weighted by atomic mass is 9.88. The number of hydrogen-bond acceptors (Lipinski definition) is 2. The van der Waals surface area contributed by atoms with E-state index in [9.17, 15) is 13.2 Å². The van der Waals surface area contributed by atoms with Gasteiger partial charge in [-0.05, 0) is 11.8 Å². The van der Waals surface area contributed by atoms with Crippen LogP contribution in [0.1, 0.15) is 31.5 Å². The quantitative estimate of drug-likeness (QED) is 0.869. The van der Waals surface area contributed by atoms with Crippen molar-refractivity contribution in [1.29, 1.82) is 0 Å². The minimum Gasteiger partial charge on any atom is -0.330 e. The minimum absolute atomic E-state index is 0.190. The summed E-state index contributed by atoms with van der Waals surface area (Å²) < 4.78 is 39.9. The number of aromatic nitrogens is 2. The Balaban J connectivity index is 2.54. The summed E-state index contributed by atoms with van der Waals surface area (Å²) in [7, 11) is 1.50. The molecule has 3 nitrogen and oxygen atoms in total. The first-order valence-corrected chi connectivity index (χ1v) is 5.45. The van der Waals surface area contributed by atoms with Gasteiger partial charge < -0.3 is 5.73 Å². The van der Waals surface area contributed by atoms with Gasteiger partial charge in [0.2, 0.25) is 0 Å². The van der Waals surface area contributed by atoms with E-state index in [4.69, 9.17) is 5.73 Å². The van der Waals surface area contributed by atoms with Gasteiger partial charge in [-0.25, -0.2) is 0 Å². The van der Waals surface area contributed by atoms with Gasteiger partial charge in [0, 0.05) is 30.8 Å². The number of halogens is 3. The molecule has 0 amide bonds. The normalized spacial score (nSPS) is 27.2. The fourth-order valence-corrected chi connectivity index (χ4v) is 2.68. The number of rotatable bonds is 2. The van der Waals surface area contributed by atoms with Gasteiger partial charge in [0.05, 0.1) is 0 Å². The lowest BCUT2D eigenvalue weighted by molar-refractivity contribution is -0.142. The fraction of sp³-hybridized carbons (Fsp3) is 0.727. The molecular weight excluding hydrogens is 231 g/mol. The number of nitrogens with two attached hydrogens (primary N) is 1. The van der Waals surface area contributed by atoms with E-state index in [2.05, 4.69) is 5.10 Å². The molecule has 1 unspecified atom stereocenters. The lowest BCUT2D eigenvalue weighted by Gasteiger charge is -2.19. The predicted molar refractivity (Wildman–Crippen MR) is 57.3 cm³/mol. The van der Waals surface area contributed by atoms with Gasteiger partial charge in [0.25, 0.3) is 0 Å². The highest BCUT2D eigenvalue weighted by Gasteiger charge is 2.63. The van der Waals surface area contributed by atoms with E-state index >= 15 is 0 Å². The van der Waals surface area contributed by atoms with E-state index in [1.165, 1.54) is 17.9 Å². The van der Waals surface area contributed by atoms with E-state index < -0.39 is 17.3 Å². The summed E-state index contributed by atoms with van der Waals surface area (Å²) in [5, 5.41) is 3.54. The molecule has 1 heterocycles. The minimum atomic E-state index is -4.42. The highest BCUT2D eigenvalue weighted by molar-refractivity contribution is 5.40. The van der Waals surface area contributed by atoms with Crippen molar-refractivity contribution in [3.05, 3.63) is 17.5 Å². The third-order valence-electron chi connectivity index (χ3n) is 3.88. The molecular formula is C11H16F3N3. The Labute approximate surface area is 97.8 Å². The molecule has 0 saturated heterocycles. The Morgan fingerprint density at radius 3 is 2.35 bits per heavy atom. The fourth-order valence-electron chi connectivity index (χ4n) is 2.68. The summed E-state index contributed by atoms with van der Waals surface area (Å²) in [6, 6.07) is 0. The molecule has 96 valence electrons. The van der Waals surface area contributed by atoms with Crippen molar-refractivity contribution < 1.29 is 13.2 Å². The molecule has 1 fully saturated rings. The maximum Gasteiger partial charge on any atom is 0.435 e. The second kappa shape index (κ2) is 3.25. The van der Waals surface area contributed by atoms with E-state index in [1.54, 1.807) is 0 Å². The average Bonchev–Trinajstić information content (AvgIpc) is 2.53. The van der Waals surface area contributed by atoms with Crippen LogP contribution in [0.15, 0.2) is 6.20 Å². The van der Waals surface area contributed by atoms with E-state index in [0.29, 0.717) is 6.42 Å². The second-order valence-corrected chi connectivity index (χ2v) is 5.41. The van der Waals surface area contributed by atoms with Crippen LogP contribution in [-0.2, 0) is 18.6 Å². The molecule has 0 bridgehead atoms. The maximum absolute atomic E-state index is 12.9. The zero-order valence-electron chi connectivity index (χ0n) is 10.1. The van der Waals surface area contributed by atoms with Gasteiger partial charge in [-0.15, -0.1) is 0 Å². The zero-order chi connectivity index (χ0) is 13.1. The molecule has 1 aromatic heterocycles. The molecule has 1 aliphatic rings. The Morgan fingerprint density at radius 2 is 2.00 bits per heavy atom. The largest absolute Gasteiger partial charge is 0.435 e. The summed E-state index contributed by atoms with van der Waals surface area (Å²) >= 11 is 0. The molecule has 0 aromatic carbocycles. The van der Waals surface area contributed by atoms with E-state index in [-0.39, 0.29) is 17.5 Å². The van der Waals surface area contributed by atoms with Crippen molar-refractivity contribution in [3.63, 3.8) is 0 Å². The Hall–Kier alpha value is -1.04. The van der Waals surface area contributed by atoms with Crippen LogP contribution in [0.25, 0.3) is 0 Å². The summed E-state index contributed by atoms with van der Waals surface area (Å²) in [5.74, 6) is 0. The van der Waals surface area contributed by atoms with E-state index in [0.717, 1.165) is 0 Å². The van der Waals surface area contributed by atoms with Gasteiger partial charge in [0.1, 0.15) is 0 Å². The monoisotopic (exact) mass is 247 g/mol. The summed E-state index contributed by atoms with van der Waals surface area (Å²) in [5.41, 5.74) is 4.37. The number of alkyl halides is 3. The first kappa shape index (κ1) is 12.4. The molecule has 2 rings (SSSR count). The van der Waals surface area contributed by atoms with Crippen LogP contribution in [0.2, 0.25) is 0 Å². The van der Waals surface area contributed by atoms with Crippen LogP contribution in [0, 0.1) is 5.41 Å². The third-order valence-corrected chi connectivity index (χ3v) is 3.88. The van der Waals surface area contributed by atoms with E-state index in [1.807, 2.05) is 13.8 Å². The molecule has 1 aliphatic carbocycles. The van der Waals surface area contributed by atoms with Crippen LogP contribution in [0.5, 0.6) is 0 Å². The predicted octanol–water partition coefficient (Wildman–Crippen LogP) is 2.07. The third kappa shape index (κ3) is 1.66. The van der Waals surface area contributed by atoms with Gasteiger partial charge in [-0.1, -0.05) is 13.8 Å². The topological polar surface area (TPSA) is 43.8 Å². The van der Waals surface area contributed by atoms with Crippen molar-refractivity contribution in [2.45, 2.75) is 31.9 Å². The average molecular weight is 247 g/mol. The smallest absolute Gasteiger partial charge is 0.330 e. The number of aryl methyl sites for hydroxylation is 1. The molecule has 17 heavy (non-hydrogen) atoms. The highest BCUT2D eigenvalue weighted by Crippen LogP contribution is 2.64. The van der Waals surface area contributed by atoms with Gasteiger partial charge in [-0.3, -0.25) is 4.68 Å². The molecule has 1 atom stereocenters. The molecule has 0 aliphatic heterocycles. The Morgan fingerprint density at radius 1 is 1.47 bits per heavy atom. The van der Waals surface area contributed by atoms with Crippen LogP contribution >= 0.6 is 0 Å². The first-order valence-electron chi connectivity index (χ1n) is 5.45. The SMILES string of the molecule is Cn1cc(C2(CN)CC2(C)C)c(C(F)(F)F)n1. The highest BCUT2D eigenvalue weighted by atomic mass is 19.4. The zero-order valence-corrected chi connectivity index (χ0v) is 10.1. The number of nitrogens with zero attached hydrogens (tertiary/aromatic N) is 2. The molecule has 1 aromatic rings. The first-order chi connectivity index (χ1) is 7.64. The van der Waals surface area contributed by atoms with Crippen LogP contribution in [-0.4, -0.2) is 16.3 Å². The number of hydrogen-bond donors (Lipinski definition) is 1. The van der Waals surface area contributed by atoms with Crippen LogP contribution in [0.3, 0.4) is 0 Å². The van der Waals surface area contributed by atoms with Crippen LogP contribution < -0.4 is 5.73 Å².